The Morgan fingerprint density at radius 1 is 0.947 bits per heavy atom. The largest absolute Gasteiger partial charge is 0.458 e. The van der Waals surface area contributed by atoms with Crippen LogP contribution in [0.4, 0.5) is 0 Å². The van der Waals surface area contributed by atoms with E-state index in [2.05, 4.69) is 37.8 Å². The molecule has 5 rings (SSSR count). The van der Waals surface area contributed by atoms with E-state index in [0.717, 1.165) is 51.7 Å². The van der Waals surface area contributed by atoms with Gasteiger partial charge in [-0.1, -0.05) is 31.9 Å². The molecule has 0 radical (unpaired) electrons. The third-order valence-electron chi connectivity index (χ3n) is 11.3. The molecule has 38 heavy (non-hydrogen) atoms. The lowest BCUT2D eigenvalue weighted by Gasteiger charge is -2.58. The maximum atomic E-state index is 13.0. The maximum Gasteiger partial charge on any atom is 0.307 e. The van der Waals surface area contributed by atoms with E-state index in [0.29, 0.717) is 30.6 Å². The first-order chi connectivity index (χ1) is 18.0. The highest BCUT2D eigenvalue weighted by Gasteiger charge is 2.67. The highest BCUT2D eigenvalue weighted by molar-refractivity contribution is 5.89. The SMILES string of the molecule is CC(=O)O[C@]1(C(C)=O)CC[C@@H]2[C@@H]3C=C(C)C4=C[C@H](OC(=O)CCN5CCCCC5)CC[C@]4(C)[C@@H]3CC[C@@]21C. The molecule has 6 nitrogen and oxygen atoms in total. The number of hydrogen-bond donors (Lipinski definition) is 0. The predicted octanol–water partition coefficient (Wildman–Crippen LogP) is 5.79. The highest BCUT2D eigenvalue weighted by Crippen LogP contribution is 2.68. The molecule has 210 valence electrons. The minimum absolute atomic E-state index is 0.0120. The Morgan fingerprint density at radius 3 is 2.34 bits per heavy atom. The summed E-state index contributed by atoms with van der Waals surface area (Å²) in [4.78, 5) is 40.2. The van der Waals surface area contributed by atoms with Gasteiger partial charge in [0, 0.05) is 18.9 Å². The molecule has 3 fully saturated rings. The second kappa shape index (κ2) is 10.2. The summed E-state index contributed by atoms with van der Waals surface area (Å²) in [5.74, 6) is 0.690. The number of hydrogen-bond acceptors (Lipinski definition) is 6. The van der Waals surface area contributed by atoms with Gasteiger partial charge in [0.2, 0.25) is 0 Å². The topological polar surface area (TPSA) is 72.9 Å². The van der Waals surface area contributed by atoms with Crippen molar-refractivity contribution in [3.63, 3.8) is 0 Å². The molecule has 7 atom stereocenters. The molecule has 0 aromatic heterocycles. The summed E-state index contributed by atoms with van der Waals surface area (Å²) < 4.78 is 11.9. The van der Waals surface area contributed by atoms with Gasteiger partial charge in [0.25, 0.3) is 0 Å². The summed E-state index contributed by atoms with van der Waals surface area (Å²) >= 11 is 0. The van der Waals surface area contributed by atoms with Crippen LogP contribution in [0.5, 0.6) is 0 Å². The molecule has 0 amide bonds. The van der Waals surface area contributed by atoms with E-state index in [1.165, 1.54) is 37.3 Å². The number of nitrogens with zero attached hydrogens (tertiary/aromatic N) is 1. The molecule has 0 bridgehead atoms. The molecule has 1 heterocycles. The molecular weight excluding hydrogens is 478 g/mol. The summed E-state index contributed by atoms with van der Waals surface area (Å²) in [6.45, 7) is 12.8. The fraction of sp³-hybridized carbons (Fsp3) is 0.781. The number of ketones is 1. The van der Waals surface area contributed by atoms with Crippen LogP contribution in [-0.4, -0.2) is 54.0 Å². The molecular formula is C32H47NO5. The van der Waals surface area contributed by atoms with Crippen molar-refractivity contribution in [2.75, 3.05) is 19.6 Å². The molecule has 1 saturated heterocycles. The Morgan fingerprint density at radius 2 is 1.66 bits per heavy atom. The van der Waals surface area contributed by atoms with E-state index in [1.54, 1.807) is 6.92 Å². The Balaban J connectivity index is 1.34. The summed E-state index contributed by atoms with van der Waals surface area (Å²) in [5.41, 5.74) is 1.30. The number of ether oxygens (including phenoxy) is 2. The lowest BCUT2D eigenvalue weighted by molar-refractivity contribution is -0.185. The Hall–Kier alpha value is -1.95. The first-order valence-electron chi connectivity index (χ1n) is 15.0. The molecule has 1 aliphatic heterocycles. The van der Waals surface area contributed by atoms with Crippen LogP contribution in [0.15, 0.2) is 23.3 Å². The van der Waals surface area contributed by atoms with E-state index >= 15 is 0 Å². The third kappa shape index (κ3) is 4.49. The van der Waals surface area contributed by atoms with Crippen molar-refractivity contribution in [1.29, 1.82) is 0 Å². The lowest BCUT2D eigenvalue weighted by Crippen LogP contribution is -2.58. The van der Waals surface area contributed by atoms with Crippen LogP contribution in [0.1, 0.15) is 98.8 Å². The average Bonchev–Trinajstić information content (AvgIpc) is 3.17. The number of carbonyl (C=O) groups excluding carboxylic acids is 3. The van der Waals surface area contributed by atoms with Crippen molar-refractivity contribution in [1.82, 2.24) is 4.90 Å². The van der Waals surface area contributed by atoms with Crippen molar-refractivity contribution in [3.05, 3.63) is 23.3 Å². The van der Waals surface area contributed by atoms with Crippen LogP contribution in [0.25, 0.3) is 0 Å². The molecule has 5 aliphatic rings. The summed E-state index contributed by atoms with van der Waals surface area (Å²) in [6, 6.07) is 0. The standard InChI is InChI=1S/C32H47NO5/c1-21-19-25-26(10-14-31(5)27(25)11-15-32(31,22(2)34)38-23(3)35)30(4)13-9-24(20-28(21)30)37-29(36)12-18-33-16-7-6-8-17-33/h19-20,24-27H,6-18H2,1-5H3/t24-,25-,26-,27-,30-,31+,32+/m1/s1. The van der Waals surface area contributed by atoms with Gasteiger partial charge >= 0.3 is 11.9 Å². The van der Waals surface area contributed by atoms with Crippen LogP contribution in [0, 0.1) is 28.6 Å². The van der Waals surface area contributed by atoms with Gasteiger partial charge in [-0.05, 0) is 113 Å². The number of carbonyl (C=O) groups is 3. The second-order valence-electron chi connectivity index (χ2n) is 13.3. The third-order valence-corrected chi connectivity index (χ3v) is 11.3. The van der Waals surface area contributed by atoms with E-state index in [4.69, 9.17) is 9.47 Å². The van der Waals surface area contributed by atoms with Crippen molar-refractivity contribution < 1.29 is 23.9 Å². The van der Waals surface area contributed by atoms with Gasteiger partial charge in [-0.25, -0.2) is 0 Å². The van der Waals surface area contributed by atoms with Gasteiger partial charge in [0.05, 0.1) is 6.42 Å². The fourth-order valence-electron chi connectivity index (χ4n) is 9.37. The number of Topliss-reactive ketones (excluding diaryl/α,β-unsaturated/α-hetero) is 1. The van der Waals surface area contributed by atoms with Crippen molar-refractivity contribution in [2.45, 2.75) is 111 Å². The van der Waals surface area contributed by atoms with E-state index in [1.807, 2.05) is 0 Å². The molecule has 0 aromatic rings. The summed E-state index contributed by atoms with van der Waals surface area (Å²) in [6.07, 6.45) is 14.0. The molecule has 0 unspecified atom stereocenters. The monoisotopic (exact) mass is 525 g/mol. The summed E-state index contributed by atoms with van der Waals surface area (Å²) in [5, 5.41) is 0. The molecule has 4 aliphatic carbocycles. The van der Waals surface area contributed by atoms with Crippen LogP contribution in [0.2, 0.25) is 0 Å². The van der Waals surface area contributed by atoms with Crippen LogP contribution in [-0.2, 0) is 23.9 Å². The number of rotatable bonds is 6. The molecule has 0 N–H and O–H groups in total. The predicted molar refractivity (Wildman–Crippen MR) is 146 cm³/mol. The van der Waals surface area contributed by atoms with Crippen molar-refractivity contribution in [3.8, 4) is 0 Å². The molecule has 6 heteroatoms. The van der Waals surface area contributed by atoms with Crippen LogP contribution >= 0.6 is 0 Å². The van der Waals surface area contributed by atoms with Gasteiger partial charge in [-0.3, -0.25) is 14.4 Å². The zero-order valence-electron chi connectivity index (χ0n) is 24.1. The van der Waals surface area contributed by atoms with Gasteiger partial charge in [-0.15, -0.1) is 0 Å². The fourth-order valence-corrected chi connectivity index (χ4v) is 9.37. The van der Waals surface area contributed by atoms with Gasteiger partial charge in [-0.2, -0.15) is 0 Å². The van der Waals surface area contributed by atoms with E-state index in [-0.39, 0.29) is 34.7 Å². The quantitative estimate of drug-likeness (QED) is 0.409. The van der Waals surface area contributed by atoms with Gasteiger partial charge in [0.1, 0.15) is 6.10 Å². The number of fused-ring (bicyclic) bond motifs is 5. The Bertz CT molecular complexity index is 1040. The molecule has 0 aromatic carbocycles. The average molecular weight is 526 g/mol. The first-order valence-corrected chi connectivity index (χ1v) is 15.0. The number of allylic oxidation sites excluding steroid dienone is 3. The van der Waals surface area contributed by atoms with Crippen LogP contribution in [0.3, 0.4) is 0 Å². The highest BCUT2D eigenvalue weighted by atomic mass is 16.6. The Labute approximate surface area is 228 Å². The zero-order chi connectivity index (χ0) is 27.3. The molecule has 2 saturated carbocycles. The number of esters is 2. The minimum atomic E-state index is -1.01. The Kier molecular flexibility index (Phi) is 7.43. The zero-order valence-corrected chi connectivity index (χ0v) is 24.1. The number of likely N-dealkylation sites (tertiary alicyclic amines) is 1. The minimum Gasteiger partial charge on any atom is -0.458 e. The van der Waals surface area contributed by atoms with Crippen molar-refractivity contribution in [2.24, 2.45) is 28.6 Å². The second-order valence-corrected chi connectivity index (χ2v) is 13.3. The van der Waals surface area contributed by atoms with E-state index in [9.17, 15) is 14.4 Å². The van der Waals surface area contributed by atoms with Crippen LogP contribution < -0.4 is 0 Å². The van der Waals surface area contributed by atoms with Gasteiger partial charge in [0.15, 0.2) is 11.4 Å². The summed E-state index contributed by atoms with van der Waals surface area (Å²) in [7, 11) is 0. The molecule has 0 spiro atoms. The normalized spacial score (nSPS) is 40.7. The van der Waals surface area contributed by atoms with Gasteiger partial charge < -0.3 is 14.4 Å². The first kappa shape index (κ1) is 27.6. The van der Waals surface area contributed by atoms with E-state index < -0.39 is 5.60 Å². The number of piperidine rings is 1. The maximum absolute atomic E-state index is 13.0. The smallest absolute Gasteiger partial charge is 0.307 e. The lowest BCUT2D eigenvalue weighted by atomic mass is 9.47. The van der Waals surface area contributed by atoms with Crippen molar-refractivity contribution >= 4 is 17.7 Å².